The number of benzene rings is 2. The monoisotopic (exact) mass is 676 g/mol. The summed E-state index contributed by atoms with van der Waals surface area (Å²) < 4.78 is 14.6. The average molecular weight is 677 g/mol. The van der Waals surface area contributed by atoms with Crippen molar-refractivity contribution in [3.8, 4) is 11.5 Å². The molecular formula is C37H33ClN6O5. The molecular weight excluding hydrogens is 644 g/mol. The molecule has 11 nitrogen and oxygen atoms in total. The van der Waals surface area contributed by atoms with Gasteiger partial charge in [0.2, 0.25) is 0 Å². The summed E-state index contributed by atoms with van der Waals surface area (Å²) in [5, 5.41) is 11.2. The molecule has 2 atom stereocenters. The van der Waals surface area contributed by atoms with Crippen molar-refractivity contribution in [3.05, 3.63) is 123 Å². The third-order valence-electron chi connectivity index (χ3n) is 9.48. The summed E-state index contributed by atoms with van der Waals surface area (Å²) in [4.78, 5) is 42.1. The normalized spacial score (nSPS) is 17.0. The van der Waals surface area contributed by atoms with Crippen molar-refractivity contribution in [2.45, 2.75) is 50.1 Å². The first-order valence-electron chi connectivity index (χ1n) is 16.1. The standard InChI is InChI=1S/C37H33ClN6O5/c1-48-27-10-8-24(32(13-27)49-2)18-44-35(29-14-28(29)22-4-3-5-25(38)12-22)41-31-15-34(39-16-30(31)36(44)45)43(37(46)47)20-26-19-42-17-23(21-6-7-21)9-11-33(42)40-26/h3-5,8-13,15-17,19,21,28-29H,6-7,14,18,20H2,1-2H3,(H,46,47)/t28-,29+/m1/s1. The van der Waals surface area contributed by atoms with Gasteiger partial charge in [-0.2, -0.15) is 0 Å². The largest absolute Gasteiger partial charge is 0.497 e. The van der Waals surface area contributed by atoms with E-state index in [0.29, 0.717) is 39.5 Å². The lowest BCUT2D eigenvalue weighted by Crippen LogP contribution is -2.30. The highest BCUT2D eigenvalue weighted by atomic mass is 35.5. The minimum absolute atomic E-state index is 0.0189. The number of anilines is 1. The second-order valence-electron chi connectivity index (χ2n) is 12.7. The van der Waals surface area contributed by atoms with Crippen molar-refractivity contribution in [1.29, 1.82) is 0 Å². The highest BCUT2D eigenvalue weighted by Gasteiger charge is 2.43. The Hall–Kier alpha value is -5.42. The van der Waals surface area contributed by atoms with Crippen molar-refractivity contribution < 1.29 is 19.4 Å². The van der Waals surface area contributed by atoms with Gasteiger partial charge in [-0.05, 0) is 72.6 Å². The molecule has 8 rings (SSSR count). The van der Waals surface area contributed by atoms with Crippen LogP contribution in [0.3, 0.4) is 0 Å². The summed E-state index contributed by atoms with van der Waals surface area (Å²) in [6.07, 6.45) is 7.30. The molecule has 1 amide bonds. The third kappa shape index (κ3) is 5.95. The fourth-order valence-electron chi connectivity index (χ4n) is 6.65. The summed E-state index contributed by atoms with van der Waals surface area (Å²) in [6.45, 7) is 0.192. The first kappa shape index (κ1) is 30.9. The number of pyridine rings is 2. The lowest BCUT2D eigenvalue weighted by atomic mass is 10.1. The number of carbonyl (C=O) groups is 1. The van der Waals surface area contributed by atoms with Crippen molar-refractivity contribution in [2.24, 2.45) is 0 Å². The third-order valence-corrected chi connectivity index (χ3v) is 9.71. The first-order chi connectivity index (χ1) is 23.8. The van der Waals surface area contributed by atoms with E-state index in [2.05, 4.69) is 22.2 Å². The van der Waals surface area contributed by atoms with Crippen molar-refractivity contribution >= 4 is 40.1 Å². The maximum atomic E-state index is 14.2. The lowest BCUT2D eigenvalue weighted by Gasteiger charge is -2.19. The summed E-state index contributed by atoms with van der Waals surface area (Å²) in [6, 6.07) is 18.8. The molecule has 0 saturated heterocycles. The van der Waals surface area contributed by atoms with Gasteiger partial charge in [0.05, 0.1) is 43.9 Å². The van der Waals surface area contributed by atoms with E-state index < -0.39 is 6.09 Å². The number of ether oxygens (including phenoxy) is 2. The SMILES string of the molecule is COc1ccc(Cn2c([C@H]3C[C@@H]3c3cccc(Cl)c3)nc3cc(N(Cc4cn5cc(C6CC6)ccc5n4)C(=O)O)ncc3c2=O)c(OC)c1. The molecule has 0 radical (unpaired) electrons. The molecule has 4 heterocycles. The molecule has 12 heteroatoms. The van der Waals surface area contributed by atoms with Crippen LogP contribution in [-0.2, 0) is 13.1 Å². The number of hydrogen-bond donors (Lipinski definition) is 1. The van der Waals surface area contributed by atoms with Crippen molar-refractivity contribution in [2.75, 3.05) is 19.1 Å². The smallest absolute Gasteiger partial charge is 0.413 e. The van der Waals surface area contributed by atoms with E-state index >= 15 is 0 Å². The number of nitrogens with zero attached hydrogens (tertiary/aromatic N) is 6. The summed E-state index contributed by atoms with van der Waals surface area (Å²) in [5.41, 5.74) is 4.54. The Bertz CT molecular complexity index is 2320. The molecule has 0 aliphatic heterocycles. The van der Waals surface area contributed by atoms with Crippen LogP contribution in [0.1, 0.15) is 65.2 Å². The molecule has 0 bridgehead atoms. The maximum Gasteiger partial charge on any atom is 0.413 e. The molecule has 2 aromatic carbocycles. The van der Waals surface area contributed by atoms with Crippen LogP contribution in [0.25, 0.3) is 16.6 Å². The van der Waals surface area contributed by atoms with Gasteiger partial charge >= 0.3 is 6.09 Å². The molecule has 2 saturated carbocycles. The molecule has 4 aromatic heterocycles. The van der Waals surface area contributed by atoms with Gasteiger partial charge in [0, 0.05) is 47.2 Å². The number of carboxylic acid groups (broad SMARTS) is 1. The second-order valence-corrected chi connectivity index (χ2v) is 13.1. The fourth-order valence-corrected chi connectivity index (χ4v) is 6.85. The average Bonchev–Trinajstić information content (AvgIpc) is 4.05. The van der Waals surface area contributed by atoms with Gasteiger partial charge < -0.3 is 19.0 Å². The zero-order valence-corrected chi connectivity index (χ0v) is 27.7. The van der Waals surface area contributed by atoms with Gasteiger partial charge in [0.25, 0.3) is 5.56 Å². The van der Waals surface area contributed by atoms with E-state index in [1.807, 2.05) is 53.1 Å². The highest BCUT2D eigenvalue weighted by Crippen LogP contribution is 2.54. The molecule has 1 N–H and O–H groups in total. The summed E-state index contributed by atoms with van der Waals surface area (Å²) in [5.74, 6) is 2.64. The number of amides is 1. The van der Waals surface area contributed by atoms with Crippen LogP contribution in [0.5, 0.6) is 11.5 Å². The van der Waals surface area contributed by atoms with Crippen LogP contribution >= 0.6 is 11.6 Å². The quantitative estimate of drug-likeness (QED) is 0.165. The van der Waals surface area contributed by atoms with Crippen LogP contribution < -0.4 is 19.9 Å². The molecule has 2 aliphatic rings. The first-order valence-corrected chi connectivity index (χ1v) is 16.5. The second kappa shape index (κ2) is 12.2. The van der Waals surface area contributed by atoms with Gasteiger partial charge in [-0.15, -0.1) is 0 Å². The van der Waals surface area contributed by atoms with E-state index in [1.54, 1.807) is 30.9 Å². The number of fused-ring (bicyclic) bond motifs is 2. The number of methoxy groups -OCH3 is 2. The molecule has 2 fully saturated rings. The van der Waals surface area contributed by atoms with E-state index in [4.69, 9.17) is 26.1 Å². The lowest BCUT2D eigenvalue weighted by molar-refractivity contribution is 0.201. The van der Waals surface area contributed by atoms with Crippen LogP contribution in [-0.4, -0.2) is 49.3 Å². The Labute approximate surface area is 286 Å². The Kier molecular flexibility index (Phi) is 7.71. The van der Waals surface area contributed by atoms with Gasteiger partial charge in [0.15, 0.2) is 0 Å². The van der Waals surface area contributed by atoms with Gasteiger partial charge in [-0.1, -0.05) is 29.8 Å². The number of hydrogen-bond acceptors (Lipinski definition) is 7. The van der Waals surface area contributed by atoms with Gasteiger partial charge in [-0.3, -0.25) is 14.3 Å². The van der Waals surface area contributed by atoms with Gasteiger partial charge in [-0.25, -0.2) is 19.7 Å². The number of imidazole rings is 1. The topological polar surface area (TPSA) is 124 Å². The van der Waals surface area contributed by atoms with Crippen LogP contribution in [0.15, 0.2) is 84.0 Å². The van der Waals surface area contributed by atoms with Crippen molar-refractivity contribution in [3.63, 3.8) is 0 Å². The Balaban J connectivity index is 1.18. The van der Waals surface area contributed by atoms with Crippen molar-refractivity contribution in [1.82, 2.24) is 23.9 Å². The summed E-state index contributed by atoms with van der Waals surface area (Å²) >= 11 is 6.33. The van der Waals surface area contributed by atoms with E-state index in [-0.39, 0.29) is 41.7 Å². The molecule has 49 heavy (non-hydrogen) atoms. The molecule has 0 unspecified atom stereocenters. The van der Waals surface area contributed by atoms with Crippen LogP contribution in [0.2, 0.25) is 5.02 Å². The molecule has 2 aliphatic carbocycles. The zero-order chi connectivity index (χ0) is 33.8. The predicted octanol–water partition coefficient (Wildman–Crippen LogP) is 6.99. The Morgan fingerprint density at radius 2 is 1.86 bits per heavy atom. The highest BCUT2D eigenvalue weighted by molar-refractivity contribution is 6.30. The van der Waals surface area contributed by atoms with E-state index in [0.717, 1.165) is 28.1 Å². The number of aromatic nitrogens is 5. The molecule has 248 valence electrons. The molecule has 0 spiro atoms. The number of halogens is 1. The molecule has 6 aromatic rings. The Morgan fingerprint density at radius 1 is 1.00 bits per heavy atom. The Morgan fingerprint density at radius 3 is 2.61 bits per heavy atom. The maximum absolute atomic E-state index is 14.2. The minimum atomic E-state index is -1.19. The zero-order valence-electron chi connectivity index (χ0n) is 26.9. The van der Waals surface area contributed by atoms with Crippen LogP contribution in [0, 0.1) is 0 Å². The summed E-state index contributed by atoms with van der Waals surface area (Å²) in [7, 11) is 3.16. The minimum Gasteiger partial charge on any atom is -0.497 e. The number of rotatable bonds is 10. The van der Waals surface area contributed by atoms with Gasteiger partial charge in [0.1, 0.15) is 28.8 Å². The van der Waals surface area contributed by atoms with E-state index in [1.165, 1.54) is 24.6 Å². The predicted molar refractivity (Wildman–Crippen MR) is 185 cm³/mol. The van der Waals surface area contributed by atoms with E-state index in [9.17, 15) is 14.7 Å². The van der Waals surface area contributed by atoms with Crippen LogP contribution in [0.4, 0.5) is 10.6 Å². The fraction of sp³-hybridized carbons (Fsp3) is 0.270.